The second-order valence-corrected chi connectivity index (χ2v) is 7.54. The molecular weight excluding hydrogens is 307 g/mol. The first kappa shape index (κ1) is 13.9. The second kappa shape index (κ2) is 5.15. The van der Waals surface area contributed by atoms with E-state index in [0.29, 0.717) is 33.5 Å². The van der Waals surface area contributed by atoms with Crippen LogP contribution in [-0.4, -0.2) is 36.5 Å². The van der Waals surface area contributed by atoms with E-state index in [9.17, 15) is 4.79 Å². The molecule has 21 heavy (non-hydrogen) atoms. The monoisotopic (exact) mass is 324 g/mol. The number of carbonyl (C=O) groups excluding carboxylic acids is 1. The lowest BCUT2D eigenvalue weighted by atomic mass is 9.65. The highest BCUT2D eigenvalue weighted by molar-refractivity contribution is 6.36. The molecule has 5 rings (SSSR count). The molecule has 0 spiro atoms. The molecule has 112 valence electrons. The Morgan fingerprint density at radius 2 is 1.86 bits per heavy atom. The molecule has 1 aliphatic carbocycles. The van der Waals surface area contributed by atoms with Gasteiger partial charge in [0.2, 0.25) is 0 Å². The molecule has 0 radical (unpaired) electrons. The van der Waals surface area contributed by atoms with Crippen LogP contribution in [0.1, 0.15) is 23.2 Å². The summed E-state index contributed by atoms with van der Waals surface area (Å²) in [7, 11) is 0. The number of benzene rings is 1. The lowest BCUT2D eigenvalue weighted by Gasteiger charge is -2.55. The summed E-state index contributed by atoms with van der Waals surface area (Å²) in [5, 5.41) is 4.22. The molecule has 3 nitrogen and oxygen atoms in total. The summed E-state index contributed by atoms with van der Waals surface area (Å²) in [5.41, 5.74) is 0.523. The Hall–Kier alpha value is -0.770. The van der Waals surface area contributed by atoms with Gasteiger partial charge in [0.05, 0.1) is 10.6 Å². The molecule has 3 saturated heterocycles. The van der Waals surface area contributed by atoms with Crippen LogP contribution in [0, 0.1) is 17.8 Å². The van der Waals surface area contributed by atoms with Crippen LogP contribution in [0.4, 0.5) is 0 Å². The molecule has 4 fully saturated rings. The maximum absolute atomic E-state index is 12.5. The van der Waals surface area contributed by atoms with E-state index >= 15 is 0 Å². The van der Waals surface area contributed by atoms with E-state index in [1.54, 1.807) is 18.2 Å². The van der Waals surface area contributed by atoms with Gasteiger partial charge in [0.1, 0.15) is 0 Å². The number of piperidine rings is 3. The van der Waals surface area contributed by atoms with Crippen LogP contribution in [0.15, 0.2) is 18.2 Å². The zero-order valence-electron chi connectivity index (χ0n) is 11.7. The molecule has 1 amide bonds. The third-order valence-corrected chi connectivity index (χ3v) is 5.81. The molecule has 2 unspecified atom stereocenters. The van der Waals surface area contributed by atoms with Crippen LogP contribution in [0.25, 0.3) is 0 Å². The second-order valence-electron chi connectivity index (χ2n) is 6.70. The van der Waals surface area contributed by atoms with E-state index in [4.69, 9.17) is 23.2 Å². The van der Waals surface area contributed by atoms with E-state index < -0.39 is 0 Å². The topological polar surface area (TPSA) is 32.3 Å². The molecule has 3 aliphatic heterocycles. The third-order valence-electron chi connectivity index (χ3n) is 5.26. The molecule has 0 aromatic heterocycles. The van der Waals surface area contributed by atoms with Crippen molar-refractivity contribution in [1.29, 1.82) is 0 Å². The smallest absolute Gasteiger partial charge is 0.253 e. The molecule has 1 saturated carbocycles. The lowest BCUT2D eigenvalue weighted by Crippen LogP contribution is -2.64. The van der Waals surface area contributed by atoms with Crippen molar-refractivity contribution in [3.63, 3.8) is 0 Å². The van der Waals surface area contributed by atoms with E-state index in [1.165, 1.54) is 19.4 Å². The maximum atomic E-state index is 12.5. The summed E-state index contributed by atoms with van der Waals surface area (Å²) < 4.78 is 0. The van der Waals surface area contributed by atoms with E-state index in [0.717, 1.165) is 19.0 Å². The van der Waals surface area contributed by atoms with Crippen molar-refractivity contribution in [3.05, 3.63) is 33.8 Å². The highest BCUT2D eigenvalue weighted by Gasteiger charge is 2.47. The third kappa shape index (κ3) is 2.45. The van der Waals surface area contributed by atoms with Gasteiger partial charge < -0.3 is 10.2 Å². The van der Waals surface area contributed by atoms with Crippen molar-refractivity contribution in [2.45, 2.75) is 18.9 Å². The van der Waals surface area contributed by atoms with Crippen LogP contribution >= 0.6 is 23.2 Å². The zero-order valence-corrected chi connectivity index (χ0v) is 13.2. The highest BCUT2D eigenvalue weighted by Crippen LogP contribution is 2.43. The SMILES string of the molecule is O=C(NC1C2CC3CC1CN(C3)C2)c1ccc(Cl)cc1Cl. The summed E-state index contributed by atoms with van der Waals surface area (Å²) in [4.78, 5) is 15.1. The van der Waals surface area contributed by atoms with Gasteiger partial charge in [0, 0.05) is 30.7 Å². The fraction of sp³-hybridized carbons (Fsp3) is 0.562. The molecular formula is C16H18Cl2N2O. The number of hydrogen-bond acceptors (Lipinski definition) is 2. The normalized spacial score (nSPS) is 36.8. The molecule has 2 atom stereocenters. The molecule has 4 aliphatic rings. The van der Waals surface area contributed by atoms with Gasteiger partial charge in [-0.15, -0.1) is 0 Å². The fourth-order valence-corrected chi connectivity index (χ4v) is 5.04. The van der Waals surface area contributed by atoms with Crippen molar-refractivity contribution in [2.24, 2.45) is 17.8 Å². The fourth-order valence-electron chi connectivity index (χ4n) is 4.55. The molecule has 4 bridgehead atoms. The molecule has 1 N–H and O–H groups in total. The Morgan fingerprint density at radius 1 is 1.14 bits per heavy atom. The average Bonchev–Trinajstić information content (AvgIpc) is 2.41. The van der Waals surface area contributed by atoms with Gasteiger partial charge >= 0.3 is 0 Å². The zero-order chi connectivity index (χ0) is 14.6. The first-order valence-electron chi connectivity index (χ1n) is 7.58. The highest BCUT2D eigenvalue weighted by atomic mass is 35.5. The number of carbonyl (C=O) groups is 1. The maximum Gasteiger partial charge on any atom is 0.253 e. The predicted octanol–water partition coefficient (Wildman–Crippen LogP) is 3.06. The van der Waals surface area contributed by atoms with Crippen molar-refractivity contribution < 1.29 is 4.79 Å². The van der Waals surface area contributed by atoms with Gasteiger partial charge in [-0.2, -0.15) is 0 Å². The van der Waals surface area contributed by atoms with Gasteiger partial charge in [0.25, 0.3) is 5.91 Å². The van der Waals surface area contributed by atoms with E-state index in [1.807, 2.05) is 0 Å². The van der Waals surface area contributed by atoms with Crippen LogP contribution in [0.5, 0.6) is 0 Å². The summed E-state index contributed by atoms with van der Waals surface area (Å²) in [5.74, 6) is 1.98. The lowest BCUT2D eigenvalue weighted by molar-refractivity contribution is -0.0418. The van der Waals surface area contributed by atoms with Gasteiger partial charge in [-0.25, -0.2) is 0 Å². The largest absolute Gasteiger partial charge is 0.349 e. The number of hydrogen-bond donors (Lipinski definition) is 1. The minimum Gasteiger partial charge on any atom is -0.349 e. The van der Waals surface area contributed by atoms with Crippen LogP contribution in [0.3, 0.4) is 0 Å². The Bertz CT molecular complexity index is 562. The van der Waals surface area contributed by atoms with Crippen LogP contribution in [0.2, 0.25) is 10.0 Å². The van der Waals surface area contributed by atoms with Crippen LogP contribution in [-0.2, 0) is 0 Å². The molecule has 1 aromatic carbocycles. The Morgan fingerprint density at radius 3 is 2.48 bits per heavy atom. The molecule has 1 aromatic rings. The summed E-state index contributed by atoms with van der Waals surface area (Å²) in [6.45, 7) is 3.52. The first-order valence-corrected chi connectivity index (χ1v) is 8.34. The number of nitrogens with zero attached hydrogens (tertiary/aromatic N) is 1. The van der Waals surface area contributed by atoms with Crippen molar-refractivity contribution >= 4 is 29.1 Å². The average molecular weight is 325 g/mol. The van der Waals surface area contributed by atoms with Gasteiger partial charge in [-0.1, -0.05) is 23.2 Å². The van der Waals surface area contributed by atoms with E-state index in [-0.39, 0.29) is 5.91 Å². The molecule has 3 heterocycles. The summed E-state index contributed by atoms with van der Waals surface area (Å²) in [6.07, 6.45) is 2.51. The predicted molar refractivity (Wildman–Crippen MR) is 83.9 cm³/mol. The Labute approximate surface area is 134 Å². The molecule has 5 heteroatoms. The Balaban J connectivity index is 1.52. The summed E-state index contributed by atoms with van der Waals surface area (Å²) in [6, 6.07) is 5.35. The van der Waals surface area contributed by atoms with Gasteiger partial charge in [0.15, 0.2) is 0 Å². The first-order chi connectivity index (χ1) is 10.1. The van der Waals surface area contributed by atoms with Crippen molar-refractivity contribution in [3.8, 4) is 0 Å². The van der Waals surface area contributed by atoms with Crippen LogP contribution < -0.4 is 5.32 Å². The van der Waals surface area contributed by atoms with E-state index in [2.05, 4.69) is 10.2 Å². The number of rotatable bonds is 2. The summed E-state index contributed by atoms with van der Waals surface area (Å²) >= 11 is 12.0. The number of halogens is 2. The van der Waals surface area contributed by atoms with Gasteiger partial charge in [-0.3, -0.25) is 4.79 Å². The van der Waals surface area contributed by atoms with Crippen molar-refractivity contribution in [2.75, 3.05) is 19.6 Å². The standard InChI is InChI=1S/C16H18Cl2N2O/c17-12-1-2-13(14(18)5-12)16(21)19-15-10-3-9-4-11(15)8-20(6-9)7-10/h1-2,5,9-11,15H,3-4,6-8H2,(H,19,21). The number of amides is 1. The van der Waals surface area contributed by atoms with Gasteiger partial charge in [-0.05, 0) is 48.8 Å². The quantitative estimate of drug-likeness (QED) is 0.906. The minimum atomic E-state index is -0.0656. The minimum absolute atomic E-state index is 0.0656. The number of nitrogens with one attached hydrogen (secondary N) is 1. The Kier molecular flexibility index (Phi) is 3.40. The van der Waals surface area contributed by atoms with Crippen molar-refractivity contribution in [1.82, 2.24) is 10.2 Å².